The van der Waals surface area contributed by atoms with E-state index >= 15 is 0 Å². The van der Waals surface area contributed by atoms with Crippen molar-refractivity contribution in [1.29, 1.82) is 0 Å². The lowest BCUT2D eigenvalue weighted by Gasteiger charge is -2.05. The van der Waals surface area contributed by atoms with Crippen molar-refractivity contribution < 1.29 is 9.15 Å². The van der Waals surface area contributed by atoms with Crippen LogP contribution >= 0.6 is 35.4 Å². The van der Waals surface area contributed by atoms with E-state index in [2.05, 4.69) is 15.3 Å². The van der Waals surface area contributed by atoms with Crippen LogP contribution in [0.1, 0.15) is 17.3 Å². The fraction of sp³-hybridized carbons (Fsp3) is 0.133. The number of hydrogen-bond acceptors (Lipinski definition) is 5. The van der Waals surface area contributed by atoms with Crippen molar-refractivity contribution in [3.8, 4) is 5.75 Å². The monoisotopic (exact) mass is 382 g/mol. The van der Waals surface area contributed by atoms with Crippen LogP contribution in [0.5, 0.6) is 5.75 Å². The Morgan fingerprint density at radius 1 is 1.33 bits per heavy atom. The van der Waals surface area contributed by atoms with Crippen molar-refractivity contribution in [2.45, 2.75) is 13.5 Å². The summed E-state index contributed by atoms with van der Waals surface area (Å²) in [5.41, 5.74) is 0. The number of nitrogens with one attached hydrogen (secondary N) is 1. The molecular formula is C15H12Cl2N4O2S. The van der Waals surface area contributed by atoms with Crippen molar-refractivity contribution in [2.24, 2.45) is 5.10 Å². The van der Waals surface area contributed by atoms with Crippen molar-refractivity contribution in [2.75, 3.05) is 0 Å². The number of hydrogen-bond donors (Lipinski definition) is 1. The quantitative estimate of drug-likeness (QED) is 0.516. The molecule has 24 heavy (non-hydrogen) atoms. The molecule has 2 heterocycles. The Hall–Kier alpha value is -2.09. The van der Waals surface area contributed by atoms with Crippen molar-refractivity contribution in [3.63, 3.8) is 0 Å². The van der Waals surface area contributed by atoms with Crippen LogP contribution in [-0.2, 0) is 6.61 Å². The first-order chi connectivity index (χ1) is 11.5. The maximum absolute atomic E-state index is 5.94. The van der Waals surface area contributed by atoms with E-state index in [0.29, 0.717) is 37.9 Å². The summed E-state index contributed by atoms with van der Waals surface area (Å²) in [5, 5.41) is 11.8. The van der Waals surface area contributed by atoms with Gasteiger partial charge in [0.05, 0.1) is 16.3 Å². The number of H-pyrrole nitrogens is 1. The van der Waals surface area contributed by atoms with E-state index in [0.717, 1.165) is 0 Å². The molecule has 0 saturated heterocycles. The highest BCUT2D eigenvalue weighted by Crippen LogP contribution is 2.26. The molecule has 0 aliphatic carbocycles. The van der Waals surface area contributed by atoms with Gasteiger partial charge in [-0.25, -0.2) is 0 Å². The summed E-state index contributed by atoms with van der Waals surface area (Å²) in [6.07, 6.45) is 1.56. The summed E-state index contributed by atoms with van der Waals surface area (Å²) in [6, 6.07) is 8.66. The first-order valence-electron chi connectivity index (χ1n) is 6.88. The maximum atomic E-state index is 5.94. The largest absolute Gasteiger partial charge is 0.486 e. The van der Waals surface area contributed by atoms with E-state index in [1.165, 1.54) is 4.68 Å². The molecule has 0 unspecified atom stereocenters. The van der Waals surface area contributed by atoms with Gasteiger partial charge in [-0.2, -0.15) is 14.9 Å². The highest BCUT2D eigenvalue weighted by Gasteiger charge is 2.04. The van der Waals surface area contributed by atoms with Crippen molar-refractivity contribution >= 4 is 41.6 Å². The van der Waals surface area contributed by atoms with Crippen LogP contribution in [0.4, 0.5) is 0 Å². The number of benzene rings is 1. The topological polar surface area (TPSA) is 68.3 Å². The molecule has 3 aromatic rings. The molecule has 0 aliphatic heterocycles. The predicted octanol–water partition coefficient (Wildman–Crippen LogP) is 4.61. The van der Waals surface area contributed by atoms with Gasteiger partial charge >= 0.3 is 0 Å². The molecule has 6 nitrogen and oxygen atoms in total. The lowest BCUT2D eigenvalue weighted by molar-refractivity contribution is 0.270. The molecule has 0 aliphatic rings. The number of aromatic amines is 1. The summed E-state index contributed by atoms with van der Waals surface area (Å²) < 4.78 is 13.2. The second-order valence-corrected chi connectivity index (χ2v) is 6.00. The van der Waals surface area contributed by atoms with Gasteiger partial charge in [0.15, 0.2) is 0 Å². The zero-order valence-corrected chi connectivity index (χ0v) is 14.8. The smallest absolute Gasteiger partial charge is 0.216 e. The molecule has 1 aromatic carbocycles. The molecule has 0 atom stereocenters. The van der Waals surface area contributed by atoms with Crippen LogP contribution in [0.3, 0.4) is 0 Å². The van der Waals surface area contributed by atoms with Gasteiger partial charge in [0, 0.05) is 6.07 Å². The summed E-state index contributed by atoms with van der Waals surface area (Å²) in [5.74, 6) is 2.49. The van der Waals surface area contributed by atoms with Crippen LogP contribution in [0.15, 0.2) is 39.9 Å². The lowest BCUT2D eigenvalue weighted by atomic mass is 10.3. The molecule has 2 aromatic heterocycles. The Balaban J connectivity index is 1.65. The number of aromatic nitrogens is 3. The number of nitrogens with zero attached hydrogens (tertiary/aromatic N) is 3. The SMILES string of the molecule is Cc1n[nH]c(=S)n1/N=C\c1ccc(COc2ccc(Cl)c(Cl)c2)o1. The summed E-state index contributed by atoms with van der Waals surface area (Å²) in [7, 11) is 0. The minimum absolute atomic E-state index is 0.260. The molecule has 3 rings (SSSR count). The third kappa shape index (κ3) is 3.87. The van der Waals surface area contributed by atoms with E-state index in [-0.39, 0.29) is 6.61 Å². The van der Waals surface area contributed by atoms with Crippen molar-refractivity contribution in [3.05, 3.63) is 62.5 Å². The first kappa shape index (κ1) is 16.8. The van der Waals surface area contributed by atoms with Gasteiger partial charge in [-0.3, -0.25) is 5.10 Å². The Labute approximate surface area is 152 Å². The molecule has 0 spiro atoms. The molecule has 0 radical (unpaired) electrons. The van der Waals surface area contributed by atoms with E-state index in [9.17, 15) is 0 Å². The average Bonchev–Trinajstić information content (AvgIpc) is 3.14. The van der Waals surface area contributed by atoms with Crippen LogP contribution in [0, 0.1) is 11.7 Å². The minimum atomic E-state index is 0.260. The van der Waals surface area contributed by atoms with Gasteiger partial charge in [-0.05, 0) is 43.4 Å². The third-order valence-electron chi connectivity index (χ3n) is 3.07. The minimum Gasteiger partial charge on any atom is -0.486 e. The zero-order valence-electron chi connectivity index (χ0n) is 12.5. The van der Waals surface area contributed by atoms with Crippen LogP contribution < -0.4 is 4.74 Å². The Kier molecular flexibility index (Phi) is 5.03. The second kappa shape index (κ2) is 7.21. The number of halogens is 2. The summed E-state index contributed by atoms with van der Waals surface area (Å²) in [6.45, 7) is 2.05. The van der Waals surface area contributed by atoms with Crippen LogP contribution in [-0.4, -0.2) is 21.1 Å². The van der Waals surface area contributed by atoms with E-state index in [1.807, 2.05) is 0 Å². The van der Waals surface area contributed by atoms with E-state index in [4.69, 9.17) is 44.6 Å². The fourth-order valence-electron chi connectivity index (χ4n) is 1.88. The number of ether oxygens (including phenoxy) is 1. The number of rotatable bonds is 5. The Bertz CT molecular complexity index is 945. The highest BCUT2D eigenvalue weighted by molar-refractivity contribution is 7.71. The molecule has 1 N–H and O–H groups in total. The number of aryl methyl sites for hydroxylation is 1. The van der Waals surface area contributed by atoms with Gasteiger partial charge in [0.25, 0.3) is 0 Å². The van der Waals surface area contributed by atoms with Crippen LogP contribution in [0.2, 0.25) is 10.0 Å². The molecule has 0 bridgehead atoms. The van der Waals surface area contributed by atoms with Gasteiger partial charge in [0.1, 0.15) is 29.7 Å². The van der Waals surface area contributed by atoms with Crippen LogP contribution in [0.25, 0.3) is 0 Å². The Morgan fingerprint density at radius 2 is 2.17 bits per heavy atom. The van der Waals surface area contributed by atoms with E-state index in [1.54, 1.807) is 43.5 Å². The molecular weight excluding hydrogens is 371 g/mol. The Morgan fingerprint density at radius 3 is 2.88 bits per heavy atom. The van der Waals surface area contributed by atoms with Gasteiger partial charge in [-0.1, -0.05) is 23.2 Å². The molecule has 0 saturated carbocycles. The maximum Gasteiger partial charge on any atom is 0.216 e. The second-order valence-electron chi connectivity index (χ2n) is 4.80. The predicted molar refractivity (Wildman–Crippen MR) is 94.6 cm³/mol. The lowest BCUT2D eigenvalue weighted by Crippen LogP contribution is -1.94. The van der Waals surface area contributed by atoms with E-state index < -0.39 is 0 Å². The fourth-order valence-corrected chi connectivity index (χ4v) is 2.40. The highest BCUT2D eigenvalue weighted by atomic mass is 35.5. The molecule has 0 fully saturated rings. The third-order valence-corrected chi connectivity index (χ3v) is 4.07. The molecule has 0 amide bonds. The zero-order chi connectivity index (χ0) is 17.1. The van der Waals surface area contributed by atoms with Crippen molar-refractivity contribution in [1.82, 2.24) is 14.9 Å². The van der Waals surface area contributed by atoms with Gasteiger partial charge in [-0.15, -0.1) is 0 Å². The first-order valence-corrected chi connectivity index (χ1v) is 8.04. The average molecular weight is 383 g/mol. The molecule has 9 heteroatoms. The summed E-state index contributed by atoms with van der Waals surface area (Å²) >= 11 is 16.9. The molecule has 124 valence electrons. The normalized spacial score (nSPS) is 11.3. The van der Waals surface area contributed by atoms with Gasteiger partial charge < -0.3 is 9.15 Å². The summed E-state index contributed by atoms with van der Waals surface area (Å²) in [4.78, 5) is 0. The number of furan rings is 1. The standard InChI is InChI=1S/C15H12Cl2N4O2S/c1-9-19-20-15(24)21(9)18-7-11-2-3-12(23-11)8-22-10-4-5-13(16)14(17)6-10/h2-7H,8H2,1H3,(H,20,24)/b18-7-. The van der Waals surface area contributed by atoms with Gasteiger partial charge in [0.2, 0.25) is 4.77 Å².